The average Bonchev–Trinajstić information content (AvgIpc) is 2.17. The molecule has 0 bridgehead atoms. The Bertz CT molecular complexity index is 210. The van der Waals surface area contributed by atoms with Crippen molar-refractivity contribution < 1.29 is 9.53 Å². The molecule has 0 saturated carbocycles. The average molecular weight is 143 g/mol. The highest BCUT2D eigenvalue weighted by atomic mass is 32.1. The van der Waals surface area contributed by atoms with E-state index in [4.69, 9.17) is 5.73 Å². The number of nitrogens with zero attached hydrogens (tertiary/aromatic N) is 1. The van der Waals surface area contributed by atoms with E-state index in [1.54, 1.807) is 0 Å². The number of nitrogens with two attached hydrogens (primary N) is 1. The fourth-order valence-electron chi connectivity index (χ4n) is 0.362. The standard InChI is InChI=1S/C4H3N2O2S/c5-4-6-3(1-9-4)8-2-7/h1H,(H2,5,6). The Balaban J connectivity index is 2.72. The first-order chi connectivity index (χ1) is 4.33. The van der Waals surface area contributed by atoms with E-state index < -0.39 is 0 Å². The lowest BCUT2D eigenvalue weighted by Crippen LogP contribution is -1.88. The Labute approximate surface area is 55.3 Å². The van der Waals surface area contributed by atoms with Crippen LogP contribution >= 0.6 is 11.3 Å². The van der Waals surface area contributed by atoms with Crippen LogP contribution in [0.15, 0.2) is 5.38 Å². The van der Waals surface area contributed by atoms with Gasteiger partial charge in [-0.1, -0.05) is 0 Å². The molecular weight excluding hydrogens is 140 g/mol. The molecule has 5 heteroatoms. The van der Waals surface area contributed by atoms with Gasteiger partial charge in [-0.3, -0.25) is 0 Å². The summed E-state index contributed by atoms with van der Waals surface area (Å²) in [4.78, 5) is 13.2. The summed E-state index contributed by atoms with van der Waals surface area (Å²) in [5.74, 6) is 0.201. The van der Waals surface area contributed by atoms with Crippen LogP contribution in [0, 0.1) is 0 Å². The lowest BCUT2D eigenvalue weighted by molar-refractivity contribution is 0.435. The van der Waals surface area contributed by atoms with Gasteiger partial charge in [0.1, 0.15) is 0 Å². The van der Waals surface area contributed by atoms with E-state index in [1.165, 1.54) is 23.2 Å². The first-order valence-electron chi connectivity index (χ1n) is 2.08. The zero-order chi connectivity index (χ0) is 6.69. The molecule has 4 nitrogen and oxygen atoms in total. The molecule has 47 valence electrons. The van der Waals surface area contributed by atoms with Gasteiger partial charge in [0.15, 0.2) is 5.13 Å². The van der Waals surface area contributed by atoms with E-state index >= 15 is 0 Å². The largest absolute Gasteiger partial charge is 0.424 e. The zero-order valence-electron chi connectivity index (χ0n) is 4.33. The third-order valence-corrected chi connectivity index (χ3v) is 1.30. The monoisotopic (exact) mass is 143 g/mol. The number of hydrogen-bond acceptors (Lipinski definition) is 5. The molecule has 0 aliphatic carbocycles. The Morgan fingerprint density at radius 1 is 1.89 bits per heavy atom. The van der Waals surface area contributed by atoms with Crippen LogP contribution in [0.4, 0.5) is 5.13 Å². The van der Waals surface area contributed by atoms with Gasteiger partial charge in [0.25, 0.3) is 0 Å². The van der Waals surface area contributed by atoms with Crippen molar-refractivity contribution in [2.75, 3.05) is 5.73 Å². The van der Waals surface area contributed by atoms with Crippen LogP contribution in [-0.4, -0.2) is 11.5 Å². The molecule has 0 spiro atoms. The van der Waals surface area contributed by atoms with Crippen molar-refractivity contribution in [2.45, 2.75) is 0 Å². The Kier molecular flexibility index (Phi) is 1.64. The number of ether oxygens (including phenoxy) is 1. The number of hydrogen-bond donors (Lipinski definition) is 1. The minimum atomic E-state index is 0.201. The van der Waals surface area contributed by atoms with Gasteiger partial charge in [0, 0.05) is 0 Å². The summed E-state index contributed by atoms with van der Waals surface area (Å²) < 4.78 is 4.24. The SMILES string of the molecule is Nc1nc(O[C]=O)cs1. The Hall–Kier alpha value is -1.10. The summed E-state index contributed by atoms with van der Waals surface area (Å²) in [6, 6.07) is 0. The molecule has 9 heavy (non-hydrogen) atoms. The van der Waals surface area contributed by atoms with E-state index in [9.17, 15) is 4.79 Å². The normalized spacial score (nSPS) is 8.89. The summed E-state index contributed by atoms with van der Waals surface area (Å²) in [6.45, 7) is 1.24. The summed E-state index contributed by atoms with van der Waals surface area (Å²) in [5, 5.41) is 1.90. The Morgan fingerprint density at radius 2 is 2.67 bits per heavy atom. The molecule has 1 aromatic heterocycles. The van der Waals surface area contributed by atoms with Gasteiger partial charge in [-0.05, 0) is 0 Å². The fraction of sp³-hybridized carbons (Fsp3) is 0. The molecule has 0 atom stereocenters. The van der Waals surface area contributed by atoms with Gasteiger partial charge in [-0.15, -0.1) is 11.3 Å². The first-order valence-corrected chi connectivity index (χ1v) is 2.96. The van der Waals surface area contributed by atoms with Crippen molar-refractivity contribution in [1.82, 2.24) is 4.98 Å². The lowest BCUT2D eigenvalue weighted by Gasteiger charge is -1.82. The number of thiazole rings is 1. The summed E-state index contributed by atoms with van der Waals surface area (Å²) in [5.41, 5.74) is 5.21. The van der Waals surface area contributed by atoms with Crippen LogP contribution < -0.4 is 10.5 Å². The van der Waals surface area contributed by atoms with Crippen LogP contribution in [0.5, 0.6) is 5.88 Å². The molecule has 0 fully saturated rings. The number of rotatable bonds is 2. The number of carbonyl (C=O) groups excluding carboxylic acids is 1. The molecule has 2 N–H and O–H groups in total. The maximum atomic E-state index is 9.56. The van der Waals surface area contributed by atoms with Crippen molar-refractivity contribution in [3.8, 4) is 5.88 Å². The first kappa shape index (κ1) is 6.03. The molecule has 1 heterocycles. The second-order valence-corrected chi connectivity index (χ2v) is 2.10. The molecule has 1 rings (SSSR count). The van der Waals surface area contributed by atoms with Crippen molar-refractivity contribution >= 4 is 22.9 Å². The predicted molar refractivity (Wildman–Crippen MR) is 32.8 cm³/mol. The van der Waals surface area contributed by atoms with Crippen molar-refractivity contribution in [1.29, 1.82) is 0 Å². The van der Waals surface area contributed by atoms with E-state index in [-0.39, 0.29) is 5.88 Å². The topological polar surface area (TPSA) is 65.2 Å². The molecule has 1 aromatic rings. The van der Waals surface area contributed by atoms with Crippen LogP contribution in [0.1, 0.15) is 0 Å². The lowest BCUT2D eigenvalue weighted by atomic mass is 10.9. The van der Waals surface area contributed by atoms with E-state index in [0.717, 1.165) is 0 Å². The number of aromatic nitrogens is 1. The fourth-order valence-corrected chi connectivity index (χ4v) is 0.827. The highest BCUT2D eigenvalue weighted by Gasteiger charge is 1.96. The van der Waals surface area contributed by atoms with Crippen LogP contribution in [0.25, 0.3) is 0 Å². The molecule has 0 saturated heterocycles. The van der Waals surface area contributed by atoms with Gasteiger partial charge in [-0.25, -0.2) is 4.79 Å². The maximum absolute atomic E-state index is 9.56. The molecule has 0 amide bonds. The smallest absolute Gasteiger partial charge is 0.398 e. The van der Waals surface area contributed by atoms with Crippen molar-refractivity contribution in [2.24, 2.45) is 0 Å². The van der Waals surface area contributed by atoms with E-state index in [1.807, 2.05) is 0 Å². The molecule has 1 radical (unpaired) electrons. The van der Waals surface area contributed by atoms with Crippen LogP contribution in [0.2, 0.25) is 0 Å². The number of anilines is 1. The van der Waals surface area contributed by atoms with Crippen LogP contribution in [0.3, 0.4) is 0 Å². The van der Waals surface area contributed by atoms with Gasteiger partial charge < -0.3 is 10.5 Å². The molecule has 0 aliphatic heterocycles. The van der Waals surface area contributed by atoms with E-state index in [2.05, 4.69) is 9.72 Å². The molecule has 0 aromatic carbocycles. The second kappa shape index (κ2) is 2.45. The van der Waals surface area contributed by atoms with E-state index in [0.29, 0.717) is 5.13 Å². The summed E-state index contributed by atoms with van der Waals surface area (Å²) >= 11 is 1.21. The highest BCUT2D eigenvalue weighted by Crippen LogP contribution is 2.16. The maximum Gasteiger partial charge on any atom is 0.424 e. The predicted octanol–water partition coefficient (Wildman–Crippen LogP) is 0.171. The quantitative estimate of drug-likeness (QED) is 0.641. The Morgan fingerprint density at radius 3 is 3.11 bits per heavy atom. The zero-order valence-corrected chi connectivity index (χ0v) is 5.14. The van der Waals surface area contributed by atoms with Crippen molar-refractivity contribution in [3.05, 3.63) is 5.38 Å². The minimum absolute atomic E-state index is 0.201. The second-order valence-electron chi connectivity index (χ2n) is 1.21. The van der Waals surface area contributed by atoms with Crippen LogP contribution in [-0.2, 0) is 4.79 Å². The van der Waals surface area contributed by atoms with Gasteiger partial charge >= 0.3 is 6.47 Å². The third kappa shape index (κ3) is 1.39. The molecule has 0 unspecified atom stereocenters. The summed E-state index contributed by atoms with van der Waals surface area (Å²) in [6.07, 6.45) is 0. The van der Waals surface area contributed by atoms with Gasteiger partial charge in [0.2, 0.25) is 5.88 Å². The molecule has 0 aliphatic rings. The van der Waals surface area contributed by atoms with Gasteiger partial charge in [0.05, 0.1) is 5.38 Å². The highest BCUT2D eigenvalue weighted by molar-refractivity contribution is 7.13. The third-order valence-electron chi connectivity index (χ3n) is 0.647. The minimum Gasteiger partial charge on any atom is -0.398 e. The number of nitrogen functional groups attached to an aromatic ring is 1. The van der Waals surface area contributed by atoms with Crippen molar-refractivity contribution in [3.63, 3.8) is 0 Å². The summed E-state index contributed by atoms with van der Waals surface area (Å²) in [7, 11) is 0. The molecular formula is C4H3N2O2S. The van der Waals surface area contributed by atoms with Gasteiger partial charge in [-0.2, -0.15) is 4.98 Å².